The lowest BCUT2D eigenvalue weighted by Gasteiger charge is -2.35. The molecule has 0 aromatic heterocycles. The van der Waals surface area contributed by atoms with Gasteiger partial charge in [0.2, 0.25) is 15.9 Å². The lowest BCUT2D eigenvalue weighted by molar-refractivity contribution is -0.119. The molecule has 2 aromatic rings. The first-order chi connectivity index (χ1) is 15.7. The molecule has 8 nitrogen and oxygen atoms in total. The van der Waals surface area contributed by atoms with Gasteiger partial charge in [-0.25, -0.2) is 8.42 Å². The van der Waals surface area contributed by atoms with Gasteiger partial charge in [-0.2, -0.15) is 0 Å². The lowest BCUT2D eigenvalue weighted by Crippen LogP contribution is -2.48. The van der Waals surface area contributed by atoms with Crippen molar-refractivity contribution in [1.82, 2.24) is 15.1 Å². The molecule has 1 unspecified atom stereocenters. The number of nitrogens with one attached hydrogen (secondary N) is 2. The van der Waals surface area contributed by atoms with Crippen molar-refractivity contribution in [3.63, 3.8) is 0 Å². The van der Waals surface area contributed by atoms with Crippen molar-refractivity contribution in [2.45, 2.75) is 26.0 Å². The fraction of sp³-hybridized carbons (Fsp3) is 0.458. The van der Waals surface area contributed by atoms with Gasteiger partial charge in [0.25, 0.3) is 0 Å². The normalized spacial score (nSPS) is 16.4. The fourth-order valence-electron chi connectivity index (χ4n) is 3.71. The molecule has 0 saturated carbocycles. The van der Waals surface area contributed by atoms with E-state index in [-0.39, 0.29) is 12.1 Å². The van der Waals surface area contributed by atoms with Crippen LogP contribution < -0.4 is 14.8 Å². The molecule has 3 rings (SSSR count). The van der Waals surface area contributed by atoms with E-state index in [0.29, 0.717) is 18.0 Å². The number of anilines is 1. The summed E-state index contributed by atoms with van der Waals surface area (Å²) in [6, 6.07) is 16.0. The summed E-state index contributed by atoms with van der Waals surface area (Å²) in [7, 11) is -1.77. The number of hydrogen-bond donors (Lipinski definition) is 2. The van der Waals surface area contributed by atoms with E-state index in [9.17, 15) is 13.2 Å². The highest BCUT2D eigenvalue weighted by molar-refractivity contribution is 7.93. The van der Waals surface area contributed by atoms with E-state index in [1.807, 2.05) is 44.2 Å². The Hall–Kier alpha value is -2.62. The highest BCUT2D eigenvalue weighted by Crippen LogP contribution is 2.19. The Labute approximate surface area is 197 Å². The predicted molar refractivity (Wildman–Crippen MR) is 131 cm³/mol. The molecule has 1 saturated heterocycles. The number of rotatable bonds is 10. The van der Waals surface area contributed by atoms with Gasteiger partial charge in [-0.05, 0) is 50.7 Å². The standard InChI is InChI=1S/C24H34N4O4S/c1-19(2)32-22-11-9-21(10-12-22)26-33(30,31)18-24(29)25-23(20-7-5-4-6-8-20)17-28-15-13-27(3)14-16-28/h4-12,19,23,26H,13-18H2,1-3H3,(H,25,29). The van der Waals surface area contributed by atoms with Gasteiger partial charge >= 0.3 is 0 Å². The maximum Gasteiger partial charge on any atom is 0.241 e. The summed E-state index contributed by atoms with van der Waals surface area (Å²) >= 11 is 0. The molecule has 1 fully saturated rings. The van der Waals surface area contributed by atoms with Gasteiger partial charge in [-0.1, -0.05) is 30.3 Å². The van der Waals surface area contributed by atoms with Gasteiger partial charge in [0.05, 0.1) is 12.1 Å². The smallest absolute Gasteiger partial charge is 0.241 e. The third-order valence-corrected chi connectivity index (χ3v) is 6.58. The van der Waals surface area contributed by atoms with E-state index < -0.39 is 21.7 Å². The number of amides is 1. The molecular weight excluding hydrogens is 440 g/mol. The number of carbonyl (C=O) groups is 1. The van der Waals surface area contributed by atoms with Gasteiger partial charge in [0.1, 0.15) is 11.5 Å². The summed E-state index contributed by atoms with van der Waals surface area (Å²) in [6.45, 7) is 8.22. The molecule has 0 radical (unpaired) electrons. The van der Waals surface area contributed by atoms with Crippen LogP contribution in [0.2, 0.25) is 0 Å². The number of piperazine rings is 1. The van der Waals surface area contributed by atoms with Crippen LogP contribution in [-0.2, 0) is 14.8 Å². The Kier molecular flexibility index (Phi) is 8.71. The van der Waals surface area contributed by atoms with E-state index in [4.69, 9.17) is 4.74 Å². The second-order valence-electron chi connectivity index (χ2n) is 8.69. The number of sulfonamides is 1. The van der Waals surface area contributed by atoms with Crippen LogP contribution in [0, 0.1) is 0 Å². The first kappa shape index (κ1) is 25.0. The van der Waals surface area contributed by atoms with Crippen LogP contribution in [0.5, 0.6) is 5.75 Å². The molecule has 180 valence electrons. The van der Waals surface area contributed by atoms with Crippen LogP contribution in [0.15, 0.2) is 54.6 Å². The SMILES string of the molecule is CC(C)Oc1ccc(NS(=O)(=O)CC(=O)NC(CN2CCN(C)CC2)c2ccccc2)cc1. The molecule has 33 heavy (non-hydrogen) atoms. The Morgan fingerprint density at radius 1 is 1.00 bits per heavy atom. The van der Waals surface area contributed by atoms with Gasteiger partial charge in [-0.15, -0.1) is 0 Å². The maximum absolute atomic E-state index is 12.7. The number of carbonyl (C=O) groups excluding carboxylic acids is 1. The number of benzene rings is 2. The molecule has 0 spiro atoms. The van der Waals surface area contributed by atoms with Gasteiger partial charge in [-0.3, -0.25) is 14.4 Å². The van der Waals surface area contributed by atoms with E-state index in [2.05, 4.69) is 26.9 Å². The minimum atomic E-state index is -3.86. The predicted octanol–water partition coefficient (Wildman–Crippen LogP) is 2.32. The van der Waals surface area contributed by atoms with Gasteiger partial charge in [0, 0.05) is 38.4 Å². The highest BCUT2D eigenvalue weighted by atomic mass is 32.2. The topological polar surface area (TPSA) is 91.0 Å². The summed E-state index contributed by atoms with van der Waals surface area (Å²) in [5.74, 6) is -0.533. The molecule has 1 amide bonds. The average Bonchev–Trinajstić information content (AvgIpc) is 2.76. The second-order valence-corrected chi connectivity index (χ2v) is 10.4. The van der Waals surface area contributed by atoms with Crippen molar-refractivity contribution in [3.8, 4) is 5.75 Å². The van der Waals surface area contributed by atoms with Crippen molar-refractivity contribution in [3.05, 3.63) is 60.2 Å². The van der Waals surface area contributed by atoms with Crippen LogP contribution in [0.25, 0.3) is 0 Å². The molecule has 9 heteroatoms. The van der Waals surface area contributed by atoms with E-state index >= 15 is 0 Å². The average molecular weight is 475 g/mol. The van der Waals surface area contributed by atoms with E-state index in [1.165, 1.54) is 0 Å². The summed E-state index contributed by atoms with van der Waals surface area (Å²) in [4.78, 5) is 17.3. The summed E-state index contributed by atoms with van der Waals surface area (Å²) in [5, 5.41) is 2.93. The number of likely N-dealkylation sites (N-methyl/N-ethyl adjacent to an activating group) is 1. The van der Waals surface area contributed by atoms with Crippen LogP contribution in [0.4, 0.5) is 5.69 Å². The molecule has 1 aliphatic heterocycles. The minimum absolute atomic E-state index is 0.0274. The molecule has 2 N–H and O–H groups in total. The zero-order valence-corrected chi connectivity index (χ0v) is 20.3. The maximum atomic E-state index is 12.7. The monoisotopic (exact) mass is 474 g/mol. The summed E-state index contributed by atoms with van der Waals surface area (Å²) in [6.07, 6.45) is 0.0274. The molecule has 0 aliphatic carbocycles. The van der Waals surface area contributed by atoms with Gasteiger partial charge < -0.3 is 15.0 Å². The second kappa shape index (κ2) is 11.5. The molecule has 0 bridgehead atoms. The zero-order chi connectivity index (χ0) is 23.8. The van der Waals surface area contributed by atoms with Crippen molar-refractivity contribution >= 4 is 21.6 Å². The quantitative estimate of drug-likeness (QED) is 0.549. The van der Waals surface area contributed by atoms with Crippen molar-refractivity contribution in [2.75, 3.05) is 50.2 Å². The third kappa shape index (κ3) is 8.34. The number of hydrogen-bond acceptors (Lipinski definition) is 6. The van der Waals surface area contributed by atoms with Crippen LogP contribution in [0.3, 0.4) is 0 Å². The molecule has 1 atom stereocenters. The van der Waals surface area contributed by atoms with Crippen LogP contribution in [-0.4, -0.2) is 75.8 Å². The van der Waals surface area contributed by atoms with E-state index in [1.54, 1.807) is 24.3 Å². The summed E-state index contributed by atoms with van der Waals surface area (Å²) in [5.41, 5.74) is 1.34. The molecule has 1 heterocycles. The number of nitrogens with zero attached hydrogens (tertiary/aromatic N) is 2. The zero-order valence-electron chi connectivity index (χ0n) is 19.5. The Balaban J connectivity index is 1.61. The van der Waals surface area contributed by atoms with Crippen molar-refractivity contribution < 1.29 is 17.9 Å². The van der Waals surface area contributed by atoms with Crippen molar-refractivity contribution in [2.24, 2.45) is 0 Å². The van der Waals surface area contributed by atoms with Crippen LogP contribution in [0.1, 0.15) is 25.5 Å². The van der Waals surface area contributed by atoms with Crippen molar-refractivity contribution in [1.29, 1.82) is 0 Å². The first-order valence-corrected chi connectivity index (χ1v) is 12.9. The first-order valence-electron chi connectivity index (χ1n) is 11.2. The number of ether oxygens (including phenoxy) is 1. The molecule has 2 aromatic carbocycles. The Morgan fingerprint density at radius 3 is 2.24 bits per heavy atom. The Bertz CT molecular complexity index is 989. The highest BCUT2D eigenvalue weighted by Gasteiger charge is 2.24. The molecule has 1 aliphatic rings. The summed E-state index contributed by atoms with van der Waals surface area (Å²) < 4.78 is 33.2. The van der Waals surface area contributed by atoms with Gasteiger partial charge in [0.15, 0.2) is 0 Å². The van der Waals surface area contributed by atoms with Crippen LogP contribution >= 0.6 is 0 Å². The lowest BCUT2D eigenvalue weighted by atomic mass is 10.1. The van der Waals surface area contributed by atoms with E-state index in [0.717, 1.165) is 31.7 Å². The molecular formula is C24H34N4O4S. The third-order valence-electron chi connectivity index (χ3n) is 5.39. The Morgan fingerprint density at radius 2 is 1.64 bits per heavy atom. The minimum Gasteiger partial charge on any atom is -0.491 e. The largest absolute Gasteiger partial charge is 0.491 e. The fourth-order valence-corrected chi connectivity index (χ4v) is 4.70.